The second-order valence-electron chi connectivity index (χ2n) is 5.77. The number of likely N-dealkylation sites (tertiary alicyclic amines) is 1. The zero-order valence-corrected chi connectivity index (χ0v) is 14.4. The quantitative estimate of drug-likeness (QED) is 0.378. The fraction of sp³-hybridized carbons (Fsp3) is 0.714. The normalized spacial score (nSPS) is 17.5. The van der Waals surface area contributed by atoms with Gasteiger partial charge < -0.3 is 21.3 Å². The minimum atomic E-state index is -0.837. The van der Waals surface area contributed by atoms with Gasteiger partial charge in [-0.05, 0) is 19.3 Å². The van der Waals surface area contributed by atoms with Gasteiger partial charge in [0, 0.05) is 13.6 Å². The first-order chi connectivity index (χ1) is 11.8. The highest BCUT2D eigenvalue weighted by Crippen LogP contribution is 2.19. The van der Waals surface area contributed by atoms with Gasteiger partial charge in [-0.1, -0.05) is 13.3 Å². The predicted octanol–water partition coefficient (Wildman–Crippen LogP) is -0.930. The Labute approximate surface area is 145 Å². The third kappa shape index (κ3) is 5.69. The lowest BCUT2D eigenvalue weighted by Gasteiger charge is -2.27. The average molecular weight is 356 g/mol. The number of carbonyl (C=O) groups excluding carboxylic acids is 4. The first-order valence-corrected chi connectivity index (χ1v) is 8.05. The highest BCUT2D eigenvalue weighted by molar-refractivity contribution is 5.93. The van der Waals surface area contributed by atoms with Crippen LogP contribution in [0.25, 0.3) is 0 Å². The molecule has 1 rings (SSSR count). The van der Waals surface area contributed by atoms with Crippen LogP contribution in [0.1, 0.15) is 32.6 Å². The lowest BCUT2D eigenvalue weighted by molar-refractivity contribution is -0.131. The van der Waals surface area contributed by atoms with Crippen molar-refractivity contribution in [2.75, 3.05) is 20.1 Å². The Bertz CT molecular complexity index is 540. The van der Waals surface area contributed by atoms with E-state index in [0.29, 0.717) is 37.2 Å². The predicted molar refractivity (Wildman–Crippen MR) is 87.7 cm³/mol. The van der Waals surface area contributed by atoms with Gasteiger partial charge in [0.05, 0.1) is 11.8 Å². The monoisotopic (exact) mass is 356 g/mol. The van der Waals surface area contributed by atoms with Gasteiger partial charge in [0.15, 0.2) is 0 Å². The number of urea groups is 1. The van der Waals surface area contributed by atoms with E-state index in [-0.39, 0.29) is 6.54 Å². The maximum atomic E-state index is 12.5. The van der Waals surface area contributed by atoms with E-state index in [1.54, 1.807) is 0 Å². The van der Waals surface area contributed by atoms with E-state index in [9.17, 15) is 24.1 Å². The topological polar surface area (TPSA) is 154 Å². The lowest BCUT2D eigenvalue weighted by Crippen LogP contribution is -2.54. The van der Waals surface area contributed by atoms with E-state index >= 15 is 0 Å². The molecule has 140 valence electrons. The molecule has 0 bridgehead atoms. The van der Waals surface area contributed by atoms with Crippen LogP contribution >= 0.6 is 0 Å². The van der Waals surface area contributed by atoms with Gasteiger partial charge >= 0.3 is 6.03 Å². The summed E-state index contributed by atoms with van der Waals surface area (Å²) in [4.78, 5) is 59.1. The number of nitroso groups, excluding NO2 is 1. The number of nitrogens with zero attached hydrogens (tertiary/aromatic N) is 3. The molecular weight excluding hydrogens is 332 g/mol. The zero-order chi connectivity index (χ0) is 19.0. The van der Waals surface area contributed by atoms with Crippen molar-refractivity contribution in [1.82, 2.24) is 20.5 Å². The first-order valence-electron chi connectivity index (χ1n) is 8.05. The fourth-order valence-corrected chi connectivity index (χ4v) is 2.61. The van der Waals surface area contributed by atoms with Crippen LogP contribution in [-0.4, -0.2) is 65.9 Å². The summed E-state index contributed by atoms with van der Waals surface area (Å²) < 4.78 is 0. The Morgan fingerprint density at radius 3 is 2.60 bits per heavy atom. The van der Waals surface area contributed by atoms with Crippen molar-refractivity contribution in [2.24, 2.45) is 11.0 Å². The Balaban J connectivity index is 2.74. The first kappa shape index (κ1) is 20.3. The smallest absolute Gasteiger partial charge is 0.343 e. The highest BCUT2D eigenvalue weighted by atomic mass is 16.3. The van der Waals surface area contributed by atoms with E-state index < -0.39 is 35.8 Å². The van der Waals surface area contributed by atoms with E-state index in [1.165, 1.54) is 11.9 Å². The third-order valence-electron chi connectivity index (χ3n) is 3.85. The molecule has 0 radical (unpaired) electrons. The van der Waals surface area contributed by atoms with Crippen LogP contribution in [0.2, 0.25) is 0 Å². The number of nitrogens with one attached hydrogen (secondary N) is 2. The molecule has 4 N–H and O–H groups in total. The molecular formula is C14H24N6O5. The van der Waals surface area contributed by atoms with Crippen LogP contribution in [0.15, 0.2) is 5.29 Å². The molecule has 0 aromatic carbocycles. The van der Waals surface area contributed by atoms with Gasteiger partial charge in [0.1, 0.15) is 12.1 Å². The van der Waals surface area contributed by atoms with Crippen LogP contribution in [0.5, 0.6) is 0 Å². The van der Waals surface area contributed by atoms with Crippen LogP contribution in [0.3, 0.4) is 0 Å². The molecule has 1 saturated heterocycles. The van der Waals surface area contributed by atoms with Crippen LogP contribution in [0, 0.1) is 4.91 Å². The molecule has 1 aliphatic heterocycles. The number of rotatable bonds is 8. The third-order valence-corrected chi connectivity index (χ3v) is 3.85. The number of carbonyl (C=O) groups is 4. The molecule has 25 heavy (non-hydrogen) atoms. The Morgan fingerprint density at radius 1 is 1.36 bits per heavy atom. The number of hydrogen-bond acceptors (Lipinski definition) is 6. The van der Waals surface area contributed by atoms with Gasteiger partial charge in [0.2, 0.25) is 17.7 Å². The molecule has 1 aliphatic rings. The van der Waals surface area contributed by atoms with E-state index in [2.05, 4.69) is 15.9 Å². The van der Waals surface area contributed by atoms with E-state index in [1.807, 2.05) is 6.92 Å². The van der Waals surface area contributed by atoms with E-state index in [4.69, 9.17) is 5.73 Å². The Morgan fingerprint density at radius 2 is 2.04 bits per heavy atom. The van der Waals surface area contributed by atoms with Crippen LogP contribution in [0.4, 0.5) is 4.79 Å². The second-order valence-corrected chi connectivity index (χ2v) is 5.77. The lowest BCUT2D eigenvalue weighted by atomic mass is 10.1. The molecule has 1 fully saturated rings. The molecule has 11 heteroatoms. The zero-order valence-electron chi connectivity index (χ0n) is 14.4. The SMILES string of the molecule is CCC[C@H](NC(=O)[C@@H]1CCCN1C(=O)N(C)N=O)C(=O)NCC(N)=O. The molecule has 11 nitrogen and oxygen atoms in total. The van der Waals surface area contributed by atoms with Gasteiger partial charge in [-0.25, -0.2) is 4.79 Å². The van der Waals surface area contributed by atoms with Crippen molar-refractivity contribution in [2.45, 2.75) is 44.7 Å². The standard InChI is InChI=1S/C14H24N6O5/c1-3-5-9(12(22)16-8-11(15)21)17-13(23)10-6-4-7-20(10)14(24)19(2)18-25/h9-10H,3-8H2,1-2H3,(H2,15,21)(H,16,22)(H,17,23)/t9-,10-/m0/s1. The van der Waals surface area contributed by atoms with Crippen molar-refractivity contribution >= 4 is 23.8 Å². The Kier molecular flexibility index (Phi) is 7.76. The summed E-state index contributed by atoms with van der Waals surface area (Å²) in [5.41, 5.74) is 4.98. The van der Waals surface area contributed by atoms with Crippen LogP contribution < -0.4 is 16.4 Å². The van der Waals surface area contributed by atoms with Gasteiger partial charge in [-0.2, -0.15) is 5.01 Å². The number of amides is 5. The Hall–Kier alpha value is -2.72. The molecule has 0 saturated carbocycles. The molecule has 5 amide bonds. The van der Waals surface area contributed by atoms with E-state index in [0.717, 1.165) is 0 Å². The van der Waals surface area contributed by atoms with Crippen molar-refractivity contribution in [3.63, 3.8) is 0 Å². The summed E-state index contributed by atoms with van der Waals surface area (Å²) in [6.07, 6.45) is 2.02. The second kappa shape index (κ2) is 9.55. The largest absolute Gasteiger partial charge is 0.368 e. The van der Waals surface area contributed by atoms with Crippen LogP contribution in [-0.2, 0) is 14.4 Å². The average Bonchev–Trinajstić information content (AvgIpc) is 3.07. The fourth-order valence-electron chi connectivity index (χ4n) is 2.61. The summed E-state index contributed by atoms with van der Waals surface area (Å²) >= 11 is 0. The summed E-state index contributed by atoms with van der Waals surface area (Å²) in [7, 11) is 1.21. The molecule has 0 aliphatic carbocycles. The molecule has 1 heterocycles. The maximum absolute atomic E-state index is 12.5. The van der Waals surface area contributed by atoms with Crippen molar-refractivity contribution < 1.29 is 19.2 Å². The molecule has 0 aromatic rings. The van der Waals surface area contributed by atoms with Gasteiger partial charge in [-0.3, -0.25) is 14.4 Å². The minimum absolute atomic E-state index is 0.321. The molecule has 2 atom stereocenters. The number of nitrogens with two attached hydrogens (primary N) is 1. The van der Waals surface area contributed by atoms with Crippen molar-refractivity contribution in [3.05, 3.63) is 4.91 Å². The maximum Gasteiger partial charge on any atom is 0.343 e. The summed E-state index contributed by atoms with van der Waals surface area (Å²) in [6.45, 7) is 1.85. The van der Waals surface area contributed by atoms with Gasteiger partial charge in [-0.15, -0.1) is 4.91 Å². The summed E-state index contributed by atoms with van der Waals surface area (Å²) in [5, 5.41) is 8.11. The molecule has 0 aromatic heterocycles. The van der Waals surface area contributed by atoms with Gasteiger partial charge in [0.25, 0.3) is 0 Å². The number of primary amides is 1. The summed E-state index contributed by atoms with van der Waals surface area (Å²) in [6, 6.07) is -2.28. The number of hydrogen-bond donors (Lipinski definition) is 3. The van der Waals surface area contributed by atoms with Crippen molar-refractivity contribution in [1.29, 1.82) is 0 Å². The molecule has 0 spiro atoms. The minimum Gasteiger partial charge on any atom is -0.368 e. The summed E-state index contributed by atoms with van der Waals surface area (Å²) in [5.74, 6) is -1.69. The molecule has 0 unspecified atom stereocenters. The van der Waals surface area contributed by atoms with Crippen molar-refractivity contribution in [3.8, 4) is 0 Å². The highest BCUT2D eigenvalue weighted by Gasteiger charge is 2.37.